The summed E-state index contributed by atoms with van der Waals surface area (Å²) in [5, 5.41) is 0. The highest BCUT2D eigenvalue weighted by Gasteiger charge is 2.19. The lowest BCUT2D eigenvalue weighted by Crippen LogP contribution is -2.30. The van der Waals surface area contributed by atoms with Gasteiger partial charge in [0.05, 0.1) is 11.8 Å². The van der Waals surface area contributed by atoms with Crippen LogP contribution in [0.2, 0.25) is 0 Å². The van der Waals surface area contributed by atoms with Crippen molar-refractivity contribution in [3.63, 3.8) is 0 Å². The molecule has 0 aliphatic rings. The number of rotatable bonds is 7. The quantitative estimate of drug-likeness (QED) is 0.592. The molecule has 0 heterocycles. The molecule has 1 aromatic carbocycles. The second-order valence-corrected chi connectivity index (χ2v) is 6.71. The number of halogens is 2. The highest BCUT2D eigenvalue weighted by atomic mass is 32.2. The van der Waals surface area contributed by atoms with Crippen molar-refractivity contribution in [2.75, 3.05) is 11.5 Å². The van der Waals surface area contributed by atoms with Gasteiger partial charge in [-0.25, -0.2) is 17.2 Å². The van der Waals surface area contributed by atoms with Crippen molar-refractivity contribution >= 4 is 9.84 Å². The van der Waals surface area contributed by atoms with Gasteiger partial charge in [-0.2, -0.15) is 0 Å². The average molecular weight is 292 g/mol. The van der Waals surface area contributed by atoms with Crippen molar-refractivity contribution < 1.29 is 17.2 Å². The van der Waals surface area contributed by atoms with Crippen molar-refractivity contribution in [1.82, 2.24) is 5.43 Å². The number of sulfone groups is 1. The van der Waals surface area contributed by atoms with E-state index in [1.807, 2.05) is 0 Å². The maximum absolute atomic E-state index is 13.6. The van der Waals surface area contributed by atoms with Crippen molar-refractivity contribution in [1.29, 1.82) is 0 Å². The largest absolute Gasteiger partial charge is 0.271 e. The minimum atomic E-state index is -3.08. The Labute approximate surface area is 111 Å². The Kier molecular flexibility index (Phi) is 5.84. The molecule has 0 aromatic heterocycles. The number of nitrogens with two attached hydrogens (primary N) is 1. The SMILES string of the molecule is CCS(=O)(=O)CCCC(NN)c1c(F)cccc1F. The Hall–Kier alpha value is -1.05. The first-order valence-corrected chi connectivity index (χ1v) is 7.84. The first kappa shape index (κ1) is 16.0. The van der Waals surface area contributed by atoms with Crippen LogP contribution >= 0.6 is 0 Å². The number of hydrogen-bond acceptors (Lipinski definition) is 4. The number of nitrogens with one attached hydrogen (secondary N) is 1. The van der Waals surface area contributed by atoms with E-state index in [1.54, 1.807) is 6.92 Å². The summed E-state index contributed by atoms with van der Waals surface area (Å²) in [5.74, 6) is 3.95. The molecule has 0 bridgehead atoms. The lowest BCUT2D eigenvalue weighted by atomic mass is 10.0. The van der Waals surface area contributed by atoms with E-state index in [0.717, 1.165) is 12.1 Å². The van der Waals surface area contributed by atoms with Gasteiger partial charge < -0.3 is 0 Å². The third-order valence-electron chi connectivity index (χ3n) is 2.94. The normalized spacial score (nSPS) is 13.5. The second-order valence-electron chi connectivity index (χ2n) is 4.23. The summed E-state index contributed by atoms with van der Waals surface area (Å²) < 4.78 is 49.8. The number of hydrazine groups is 1. The van der Waals surface area contributed by atoms with Crippen LogP contribution in [0.25, 0.3) is 0 Å². The molecule has 19 heavy (non-hydrogen) atoms. The maximum Gasteiger partial charge on any atom is 0.150 e. The topological polar surface area (TPSA) is 72.2 Å². The van der Waals surface area contributed by atoms with Crippen molar-refractivity contribution in [3.05, 3.63) is 35.4 Å². The molecule has 7 heteroatoms. The van der Waals surface area contributed by atoms with Crippen molar-refractivity contribution in [2.45, 2.75) is 25.8 Å². The third kappa shape index (κ3) is 4.52. The molecule has 4 nitrogen and oxygen atoms in total. The smallest absolute Gasteiger partial charge is 0.150 e. The Balaban J connectivity index is 2.74. The Morgan fingerprint density at radius 3 is 2.37 bits per heavy atom. The molecule has 1 aromatic rings. The molecule has 1 atom stereocenters. The molecule has 0 radical (unpaired) electrons. The lowest BCUT2D eigenvalue weighted by Gasteiger charge is -2.17. The van der Waals surface area contributed by atoms with E-state index in [1.165, 1.54) is 6.07 Å². The molecule has 0 spiro atoms. The molecule has 0 amide bonds. The van der Waals surface area contributed by atoms with Crippen LogP contribution in [-0.2, 0) is 9.84 Å². The van der Waals surface area contributed by atoms with Crippen LogP contribution in [0.5, 0.6) is 0 Å². The van der Waals surface area contributed by atoms with Crippen molar-refractivity contribution in [2.24, 2.45) is 5.84 Å². The lowest BCUT2D eigenvalue weighted by molar-refractivity contribution is 0.450. The summed E-state index contributed by atoms with van der Waals surface area (Å²) >= 11 is 0. The molecule has 0 saturated carbocycles. The van der Waals surface area contributed by atoms with Crippen LogP contribution in [0.1, 0.15) is 31.4 Å². The van der Waals surface area contributed by atoms with Crippen LogP contribution in [0.3, 0.4) is 0 Å². The van der Waals surface area contributed by atoms with E-state index >= 15 is 0 Å². The highest BCUT2D eigenvalue weighted by molar-refractivity contribution is 7.91. The third-order valence-corrected chi connectivity index (χ3v) is 4.73. The Bertz CT molecular complexity index is 500. The maximum atomic E-state index is 13.6. The van der Waals surface area contributed by atoms with Crippen LogP contribution in [-0.4, -0.2) is 19.9 Å². The minimum Gasteiger partial charge on any atom is -0.271 e. The van der Waals surface area contributed by atoms with Gasteiger partial charge in [-0.1, -0.05) is 13.0 Å². The fourth-order valence-electron chi connectivity index (χ4n) is 1.81. The summed E-state index contributed by atoms with van der Waals surface area (Å²) in [5.41, 5.74) is 2.18. The first-order valence-electron chi connectivity index (χ1n) is 6.01. The summed E-state index contributed by atoms with van der Waals surface area (Å²) in [7, 11) is -3.08. The Morgan fingerprint density at radius 2 is 1.89 bits per heavy atom. The second kappa shape index (κ2) is 6.93. The van der Waals surface area contributed by atoms with E-state index in [0.29, 0.717) is 6.42 Å². The van der Waals surface area contributed by atoms with Gasteiger partial charge in [0.15, 0.2) is 0 Å². The molecule has 0 fully saturated rings. The van der Waals surface area contributed by atoms with Gasteiger partial charge in [0, 0.05) is 11.3 Å². The average Bonchev–Trinajstić information content (AvgIpc) is 2.36. The molecule has 0 aliphatic heterocycles. The summed E-state index contributed by atoms with van der Waals surface area (Å²) in [6, 6.07) is 2.81. The number of benzene rings is 1. The Morgan fingerprint density at radius 1 is 1.32 bits per heavy atom. The first-order chi connectivity index (χ1) is 8.91. The zero-order valence-electron chi connectivity index (χ0n) is 10.7. The summed E-state index contributed by atoms with van der Waals surface area (Å²) in [6.45, 7) is 1.56. The van der Waals surface area contributed by atoms with E-state index in [2.05, 4.69) is 5.43 Å². The molecule has 3 N–H and O–H groups in total. The predicted octanol–water partition coefficient (Wildman–Crippen LogP) is 1.68. The van der Waals surface area contributed by atoms with E-state index in [4.69, 9.17) is 5.84 Å². The van der Waals surface area contributed by atoms with Gasteiger partial charge in [0.2, 0.25) is 0 Å². The van der Waals surface area contributed by atoms with Crippen LogP contribution in [0, 0.1) is 11.6 Å². The highest BCUT2D eigenvalue weighted by Crippen LogP contribution is 2.24. The summed E-state index contributed by atoms with van der Waals surface area (Å²) in [4.78, 5) is 0. The summed E-state index contributed by atoms with van der Waals surface area (Å²) in [6.07, 6.45) is 0.534. The zero-order chi connectivity index (χ0) is 14.5. The fourth-order valence-corrected chi connectivity index (χ4v) is 2.70. The van der Waals surface area contributed by atoms with E-state index < -0.39 is 27.5 Å². The van der Waals surface area contributed by atoms with Gasteiger partial charge >= 0.3 is 0 Å². The molecular formula is C12H18F2N2O2S. The monoisotopic (exact) mass is 292 g/mol. The van der Waals surface area contributed by atoms with Gasteiger partial charge in [0.25, 0.3) is 0 Å². The molecule has 0 aliphatic carbocycles. The van der Waals surface area contributed by atoms with Gasteiger partial charge in [-0.3, -0.25) is 11.3 Å². The van der Waals surface area contributed by atoms with Gasteiger partial charge in [0.1, 0.15) is 21.5 Å². The van der Waals surface area contributed by atoms with Gasteiger partial charge in [-0.05, 0) is 25.0 Å². The standard InChI is InChI=1S/C12H18F2N2O2S/c1-2-19(17,18)8-4-7-11(16-15)12-9(13)5-3-6-10(12)14/h3,5-6,11,16H,2,4,7-8,15H2,1H3. The predicted molar refractivity (Wildman–Crippen MR) is 70.0 cm³/mol. The molecular weight excluding hydrogens is 274 g/mol. The van der Waals surface area contributed by atoms with E-state index in [-0.39, 0.29) is 23.5 Å². The van der Waals surface area contributed by atoms with Crippen LogP contribution < -0.4 is 11.3 Å². The van der Waals surface area contributed by atoms with Gasteiger partial charge in [-0.15, -0.1) is 0 Å². The zero-order valence-corrected chi connectivity index (χ0v) is 11.5. The fraction of sp³-hybridized carbons (Fsp3) is 0.500. The molecule has 1 rings (SSSR count). The van der Waals surface area contributed by atoms with Crippen molar-refractivity contribution in [3.8, 4) is 0 Å². The van der Waals surface area contributed by atoms with E-state index in [9.17, 15) is 17.2 Å². The van der Waals surface area contributed by atoms with Crippen LogP contribution in [0.15, 0.2) is 18.2 Å². The molecule has 108 valence electrons. The molecule has 1 unspecified atom stereocenters. The van der Waals surface area contributed by atoms with Crippen LogP contribution in [0.4, 0.5) is 8.78 Å². The molecule has 0 saturated heterocycles. The number of hydrogen-bond donors (Lipinski definition) is 2. The minimum absolute atomic E-state index is 0.0161.